The molecular weight excluding hydrogens is 417 g/mol. The van der Waals surface area contributed by atoms with Gasteiger partial charge in [-0.1, -0.05) is 47.5 Å². The summed E-state index contributed by atoms with van der Waals surface area (Å²) in [7, 11) is -3.31. The van der Waals surface area contributed by atoms with E-state index in [0.717, 1.165) is 37.9 Å². The summed E-state index contributed by atoms with van der Waals surface area (Å²) in [5.74, 6) is 0.837. The van der Waals surface area contributed by atoms with Crippen LogP contribution in [-0.2, 0) is 10.0 Å². The van der Waals surface area contributed by atoms with Crippen molar-refractivity contribution in [2.45, 2.75) is 30.9 Å². The highest BCUT2D eigenvalue weighted by molar-refractivity contribution is 7.89. The first-order chi connectivity index (χ1) is 13.5. The van der Waals surface area contributed by atoms with Gasteiger partial charge in [0.15, 0.2) is 0 Å². The first kappa shape index (κ1) is 20.2. The molecule has 8 heteroatoms. The highest BCUT2D eigenvalue weighted by atomic mass is 35.5. The van der Waals surface area contributed by atoms with Crippen molar-refractivity contribution in [1.29, 1.82) is 0 Å². The van der Waals surface area contributed by atoms with Crippen molar-refractivity contribution in [2.75, 3.05) is 31.1 Å². The van der Waals surface area contributed by atoms with Crippen molar-refractivity contribution < 1.29 is 8.42 Å². The highest BCUT2D eigenvalue weighted by Crippen LogP contribution is 2.38. The number of halogens is 2. The van der Waals surface area contributed by atoms with Crippen LogP contribution in [0.15, 0.2) is 36.7 Å². The van der Waals surface area contributed by atoms with E-state index in [0.29, 0.717) is 41.5 Å². The van der Waals surface area contributed by atoms with Crippen LogP contribution in [0.4, 0.5) is 5.69 Å². The van der Waals surface area contributed by atoms with Gasteiger partial charge < -0.3 is 4.90 Å². The lowest BCUT2D eigenvalue weighted by atomic mass is 9.77. The SMILES string of the molecule is O=S(=O)([C@@H]1CCC2C=CC=C[C@@H]2C1)N1CCCN(c2c(Cl)cncc2Cl)CC1. The molecule has 0 radical (unpaired) electrons. The minimum Gasteiger partial charge on any atom is -0.368 e. The van der Waals surface area contributed by atoms with Crippen LogP contribution in [0.25, 0.3) is 0 Å². The molecule has 3 atom stereocenters. The molecule has 1 unspecified atom stereocenters. The normalized spacial score (nSPS) is 28.8. The molecule has 0 aromatic carbocycles. The van der Waals surface area contributed by atoms with Gasteiger partial charge in [-0.2, -0.15) is 4.31 Å². The van der Waals surface area contributed by atoms with Gasteiger partial charge in [-0.05, 0) is 37.5 Å². The molecule has 152 valence electrons. The standard InChI is InChI=1S/C20H25Cl2N3O2S/c21-18-13-23-14-19(22)20(18)24-8-3-9-25(11-10-24)28(26,27)17-7-6-15-4-1-2-5-16(15)12-17/h1-2,4-5,13-17H,3,6-12H2/t15?,16-,17-/m1/s1. The van der Waals surface area contributed by atoms with Crippen molar-refractivity contribution in [3.63, 3.8) is 0 Å². The van der Waals surface area contributed by atoms with Gasteiger partial charge in [0.05, 0.1) is 21.0 Å². The fourth-order valence-electron chi connectivity index (χ4n) is 4.62. The van der Waals surface area contributed by atoms with Crippen molar-refractivity contribution >= 4 is 38.9 Å². The summed E-state index contributed by atoms with van der Waals surface area (Å²) in [5, 5.41) is 0.711. The summed E-state index contributed by atoms with van der Waals surface area (Å²) < 4.78 is 28.4. The van der Waals surface area contributed by atoms with Crippen LogP contribution in [0.3, 0.4) is 0 Å². The number of allylic oxidation sites excluding steroid dienone is 4. The maximum Gasteiger partial charge on any atom is 0.217 e. The summed E-state index contributed by atoms with van der Waals surface area (Å²) >= 11 is 12.6. The lowest BCUT2D eigenvalue weighted by Crippen LogP contribution is -2.44. The van der Waals surface area contributed by atoms with Gasteiger partial charge in [-0.3, -0.25) is 4.98 Å². The zero-order chi connectivity index (χ0) is 19.7. The van der Waals surface area contributed by atoms with Gasteiger partial charge in [0, 0.05) is 38.6 Å². The molecule has 3 aliphatic rings. The Labute approximate surface area is 177 Å². The largest absolute Gasteiger partial charge is 0.368 e. The number of sulfonamides is 1. The van der Waals surface area contributed by atoms with E-state index < -0.39 is 10.0 Å². The number of pyridine rings is 1. The van der Waals surface area contributed by atoms with Gasteiger partial charge in [-0.25, -0.2) is 8.42 Å². The number of rotatable bonds is 3. The Hall–Kier alpha value is -1.08. The fraction of sp³-hybridized carbons (Fsp3) is 0.550. The second-order valence-corrected chi connectivity index (χ2v) is 10.8. The van der Waals surface area contributed by atoms with Gasteiger partial charge in [0.25, 0.3) is 0 Å². The van der Waals surface area contributed by atoms with Crippen LogP contribution < -0.4 is 4.90 Å². The zero-order valence-corrected chi connectivity index (χ0v) is 18.0. The molecule has 0 amide bonds. The summed E-state index contributed by atoms with van der Waals surface area (Å²) in [6, 6.07) is 0. The Balaban J connectivity index is 1.46. The lowest BCUT2D eigenvalue weighted by Gasteiger charge is -2.36. The fourth-order valence-corrected chi connectivity index (χ4v) is 7.27. The average Bonchev–Trinajstić information content (AvgIpc) is 2.94. The quantitative estimate of drug-likeness (QED) is 0.706. The minimum absolute atomic E-state index is 0.287. The molecular formula is C20H25Cl2N3O2S. The van der Waals surface area contributed by atoms with Gasteiger partial charge in [0.1, 0.15) is 0 Å². The molecule has 5 nitrogen and oxygen atoms in total. The molecule has 0 spiro atoms. The van der Waals surface area contributed by atoms with E-state index in [4.69, 9.17) is 23.2 Å². The molecule has 1 saturated heterocycles. The third kappa shape index (κ3) is 3.97. The molecule has 28 heavy (non-hydrogen) atoms. The predicted molar refractivity (Wildman–Crippen MR) is 114 cm³/mol. The van der Waals surface area contributed by atoms with E-state index in [9.17, 15) is 8.42 Å². The van der Waals surface area contributed by atoms with Gasteiger partial charge in [-0.15, -0.1) is 0 Å². The van der Waals surface area contributed by atoms with E-state index >= 15 is 0 Å². The molecule has 2 aliphatic carbocycles. The smallest absolute Gasteiger partial charge is 0.217 e. The molecule has 1 saturated carbocycles. The van der Waals surface area contributed by atoms with Crippen molar-refractivity contribution in [3.05, 3.63) is 46.7 Å². The number of anilines is 1. The lowest BCUT2D eigenvalue weighted by molar-refractivity contribution is 0.321. The topological polar surface area (TPSA) is 53.5 Å². The minimum atomic E-state index is -3.31. The second-order valence-electron chi connectivity index (χ2n) is 7.77. The van der Waals surface area contributed by atoms with Gasteiger partial charge >= 0.3 is 0 Å². The Bertz CT molecular complexity index is 867. The van der Waals surface area contributed by atoms with E-state index in [1.807, 2.05) is 6.08 Å². The van der Waals surface area contributed by atoms with Crippen LogP contribution in [-0.4, -0.2) is 49.1 Å². The Kier molecular flexibility index (Phi) is 6.02. The molecule has 1 aromatic rings. The molecule has 2 fully saturated rings. The molecule has 0 bridgehead atoms. The highest BCUT2D eigenvalue weighted by Gasteiger charge is 2.39. The van der Waals surface area contributed by atoms with Crippen LogP contribution in [0, 0.1) is 11.8 Å². The average molecular weight is 442 g/mol. The van der Waals surface area contributed by atoms with E-state index in [1.165, 1.54) is 0 Å². The predicted octanol–water partition coefficient (Wildman–Crippen LogP) is 4.14. The first-order valence-corrected chi connectivity index (χ1v) is 12.1. The maximum absolute atomic E-state index is 13.3. The van der Waals surface area contributed by atoms with Crippen LogP contribution in [0.1, 0.15) is 25.7 Å². The summed E-state index contributed by atoms with van der Waals surface area (Å²) in [6.45, 7) is 2.29. The number of nitrogens with zero attached hydrogens (tertiary/aromatic N) is 3. The summed E-state index contributed by atoms with van der Waals surface area (Å²) in [4.78, 5) is 6.08. The van der Waals surface area contributed by atoms with Crippen LogP contribution in [0.2, 0.25) is 10.0 Å². The molecule has 4 rings (SSSR count). The number of hydrogen-bond acceptors (Lipinski definition) is 4. The number of fused-ring (bicyclic) bond motifs is 1. The number of hydrogen-bond donors (Lipinski definition) is 0. The molecule has 0 N–H and O–H groups in total. The van der Waals surface area contributed by atoms with Crippen molar-refractivity contribution in [2.24, 2.45) is 11.8 Å². The first-order valence-electron chi connectivity index (χ1n) is 9.84. The molecule has 1 aliphatic heterocycles. The zero-order valence-electron chi connectivity index (χ0n) is 15.7. The Morgan fingerprint density at radius 2 is 1.64 bits per heavy atom. The molecule has 1 aromatic heterocycles. The number of aromatic nitrogens is 1. The van der Waals surface area contributed by atoms with Crippen molar-refractivity contribution in [3.8, 4) is 0 Å². The van der Waals surface area contributed by atoms with Crippen LogP contribution in [0.5, 0.6) is 0 Å². The summed E-state index contributed by atoms with van der Waals surface area (Å²) in [6.07, 6.45) is 14.8. The van der Waals surface area contributed by atoms with E-state index in [2.05, 4.69) is 28.1 Å². The Morgan fingerprint density at radius 3 is 2.39 bits per heavy atom. The summed E-state index contributed by atoms with van der Waals surface area (Å²) in [5.41, 5.74) is 0.747. The molecule has 2 heterocycles. The monoisotopic (exact) mass is 441 g/mol. The third-order valence-corrected chi connectivity index (χ3v) is 9.02. The van der Waals surface area contributed by atoms with Crippen LogP contribution >= 0.6 is 23.2 Å². The third-order valence-electron chi connectivity index (χ3n) is 6.12. The maximum atomic E-state index is 13.3. The Morgan fingerprint density at radius 1 is 0.929 bits per heavy atom. The van der Waals surface area contributed by atoms with Crippen molar-refractivity contribution in [1.82, 2.24) is 9.29 Å². The second kappa shape index (κ2) is 8.34. The van der Waals surface area contributed by atoms with Gasteiger partial charge in [0.2, 0.25) is 10.0 Å². The van der Waals surface area contributed by atoms with E-state index in [-0.39, 0.29) is 5.25 Å². The van der Waals surface area contributed by atoms with E-state index in [1.54, 1.807) is 16.7 Å².